The Morgan fingerprint density at radius 2 is 2.09 bits per heavy atom. The fourth-order valence-electron chi connectivity index (χ4n) is 1.85. The molecule has 0 aromatic carbocycles. The molecule has 0 aliphatic carbocycles. The summed E-state index contributed by atoms with van der Waals surface area (Å²) in [5.41, 5.74) is -0.929. The summed E-state index contributed by atoms with van der Waals surface area (Å²) in [7, 11) is -0.823. The quantitative estimate of drug-likeness (QED) is 0.582. The predicted molar refractivity (Wildman–Crippen MR) is 82.0 cm³/mol. The summed E-state index contributed by atoms with van der Waals surface area (Å²) in [6, 6.07) is 0. The summed E-state index contributed by atoms with van der Waals surface area (Å²) in [5.74, 6) is 0. The smallest absolute Gasteiger partial charge is 0.336 e. The lowest BCUT2D eigenvalue weighted by molar-refractivity contribution is -0.128. The van der Waals surface area contributed by atoms with Crippen molar-refractivity contribution in [1.82, 2.24) is 9.55 Å². The molecule has 0 bridgehead atoms. The fraction of sp³-hybridized carbons (Fsp3) is 0.385. The lowest BCUT2D eigenvalue weighted by atomic mass is 10.3. The second-order valence-electron chi connectivity index (χ2n) is 4.51. The van der Waals surface area contributed by atoms with Crippen LogP contribution in [0.3, 0.4) is 0 Å². The van der Waals surface area contributed by atoms with Gasteiger partial charge in [0.2, 0.25) is 0 Å². The van der Waals surface area contributed by atoms with Crippen LogP contribution in [-0.2, 0) is 23.1 Å². The fourth-order valence-corrected chi connectivity index (χ4v) is 2.54. The maximum absolute atomic E-state index is 11.9. The van der Waals surface area contributed by atoms with E-state index in [1.807, 2.05) is 0 Å². The van der Waals surface area contributed by atoms with Gasteiger partial charge in [-0.15, -0.1) is 0 Å². The van der Waals surface area contributed by atoms with Gasteiger partial charge in [0.25, 0.3) is 5.56 Å². The van der Waals surface area contributed by atoms with E-state index >= 15 is 0 Å². The van der Waals surface area contributed by atoms with Crippen LogP contribution in [0.5, 0.6) is 0 Å². The summed E-state index contributed by atoms with van der Waals surface area (Å²) in [6.45, 7) is 3.50. The molecule has 126 valence electrons. The first-order chi connectivity index (χ1) is 10.9. The van der Waals surface area contributed by atoms with Crippen molar-refractivity contribution in [3.63, 3.8) is 0 Å². The molecule has 2 heterocycles. The van der Waals surface area contributed by atoms with Crippen LogP contribution in [0, 0.1) is 0 Å². The molecule has 0 amide bonds. The molecular weight excluding hydrogens is 327 g/mol. The molecule has 1 aliphatic heterocycles. The summed E-state index contributed by atoms with van der Waals surface area (Å²) >= 11 is 0. The zero-order chi connectivity index (χ0) is 17.0. The van der Waals surface area contributed by atoms with Crippen LogP contribution >= 0.6 is 7.60 Å². The molecule has 2 rings (SSSR count). The number of hydrogen-bond donors (Lipinski definition) is 1. The molecule has 23 heavy (non-hydrogen) atoms. The Bertz CT molecular complexity index is 758. The SMILES string of the molecule is C=Cc1cn(C2C=CC(OCP(=O)(OC)OC)O2)c(=O)[nH]c1=O. The molecule has 1 aromatic heterocycles. The summed E-state index contributed by atoms with van der Waals surface area (Å²) in [5, 5.41) is 0. The van der Waals surface area contributed by atoms with Gasteiger partial charge in [-0.3, -0.25) is 18.9 Å². The van der Waals surface area contributed by atoms with E-state index < -0.39 is 31.4 Å². The Hall–Kier alpha value is -1.77. The minimum Gasteiger partial charge on any atom is -0.336 e. The van der Waals surface area contributed by atoms with Crippen LogP contribution in [0.2, 0.25) is 0 Å². The standard InChI is InChI=1S/C13H17N2O7P/c1-4-9-7-15(13(17)14-12(9)16)10-5-6-11(22-10)21-8-23(18,19-2)20-3/h4-7,10-11H,1,8H2,2-3H3,(H,14,16,17). The molecule has 0 spiro atoms. The van der Waals surface area contributed by atoms with Gasteiger partial charge in [-0.25, -0.2) is 4.79 Å². The zero-order valence-electron chi connectivity index (χ0n) is 12.6. The summed E-state index contributed by atoms with van der Waals surface area (Å²) in [4.78, 5) is 25.5. The third-order valence-corrected chi connectivity index (χ3v) is 4.73. The van der Waals surface area contributed by atoms with E-state index in [9.17, 15) is 14.2 Å². The Morgan fingerprint density at radius 1 is 1.39 bits per heavy atom. The van der Waals surface area contributed by atoms with Gasteiger partial charge in [0, 0.05) is 20.4 Å². The highest BCUT2D eigenvalue weighted by Crippen LogP contribution is 2.46. The van der Waals surface area contributed by atoms with Crippen LogP contribution in [0.1, 0.15) is 11.8 Å². The number of H-pyrrole nitrogens is 1. The van der Waals surface area contributed by atoms with Gasteiger partial charge in [-0.05, 0) is 12.2 Å². The second kappa shape index (κ2) is 7.20. The van der Waals surface area contributed by atoms with E-state index in [4.69, 9.17) is 18.5 Å². The topological polar surface area (TPSA) is 109 Å². The Balaban J connectivity index is 2.08. The molecule has 9 nitrogen and oxygen atoms in total. The van der Waals surface area contributed by atoms with Crippen LogP contribution < -0.4 is 11.2 Å². The molecular formula is C13H17N2O7P. The number of hydrogen-bond acceptors (Lipinski definition) is 7. The first-order valence-electron chi connectivity index (χ1n) is 6.56. The monoisotopic (exact) mass is 344 g/mol. The average molecular weight is 344 g/mol. The van der Waals surface area contributed by atoms with E-state index in [-0.39, 0.29) is 11.9 Å². The van der Waals surface area contributed by atoms with Gasteiger partial charge in [-0.1, -0.05) is 12.7 Å². The number of ether oxygens (including phenoxy) is 2. The van der Waals surface area contributed by atoms with E-state index in [1.54, 1.807) is 12.2 Å². The van der Waals surface area contributed by atoms with Gasteiger partial charge in [-0.2, -0.15) is 0 Å². The average Bonchev–Trinajstić information content (AvgIpc) is 3.01. The Morgan fingerprint density at radius 3 is 2.70 bits per heavy atom. The highest BCUT2D eigenvalue weighted by molar-refractivity contribution is 7.53. The van der Waals surface area contributed by atoms with E-state index in [2.05, 4.69) is 11.6 Å². The van der Waals surface area contributed by atoms with Crippen molar-refractivity contribution in [1.29, 1.82) is 0 Å². The molecule has 1 aliphatic rings. The van der Waals surface area contributed by atoms with Crippen molar-refractivity contribution >= 4 is 13.7 Å². The summed E-state index contributed by atoms with van der Waals surface area (Å²) < 4.78 is 33.3. The van der Waals surface area contributed by atoms with E-state index in [0.717, 1.165) is 0 Å². The molecule has 1 N–H and O–H groups in total. The number of aromatic nitrogens is 2. The van der Waals surface area contributed by atoms with E-state index in [0.29, 0.717) is 0 Å². The maximum atomic E-state index is 11.9. The minimum atomic E-state index is -3.32. The van der Waals surface area contributed by atoms with Crippen molar-refractivity contribution in [3.8, 4) is 0 Å². The third kappa shape index (κ3) is 3.95. The van der Waals surface area contributed by atoms with Gasteiger partial charge in [0.15, 0.2) is 18.9 Å². The van der Waals surface area contributed by atoms with Crippen LogP contribution in [0.4, 0.5) is 0 Å². The van der Waals surface area contributed by atoms with Gasteiger partial charge in [0.1, 0.15) is 0 Å². The Labute approximate surface area is 131 Å². The van der Waals surface area contributed by atoms with Crippen LogP contribution in [-0.4, -0.2) is 36.4 Å². The number of rotatable bonds is 7. The third-order valence-electron chi connectivity index (χ3n) is 3.15. The Kier molecular flexibility index (Phi) is 5.51. The van der Waals surface area contributed by atoms with Crippen LogP contribution in [0.25, 0.3) is 6.08 Å². The molecule has 0 fully saturated rings. The highest BCUT2D eigenvalue weighted by Gasteiger charge is 2.27. The largest absolute Gasteiger partial charge is 0.355 e. The molecule has 0 saturated carbocycles. The van der Waals surface area contributed by atoms with E-state index in [1.165, 1.54) is 31.1 Å². The number of aromatic amines is 1. The minimum absolute atomic E-state index is 0.231. The van der Waals surface area contributed by atoms with Crippen molar-refractivity contribution in [3.05, 3.63) is 51.3 Å². The van der Waals surface area contributed by atoms with Gasteiger partial charge in [0.05, 0.1) is 5.56 Å². The second-order valence-corrected chi connectivity index (χ2v) is 6.72. The molecule has 0 saturated heterocycles. The summed E-state index contributed by atoms with van der Waals surface area (Å²) in [6.07, 6.45) is 3.88. The van der Waals surface area contributed by atoms with Crippen LogP contribution in [0.15, 0.2) is 34.5 Å². The van der Waals surface area contributed by atoms with Gasteiger partial charge < -0.3 is 18.5 Å². The zero-order valence-corrected chi connectivity index (χ0v) is 13.5. The normalized spacial score (nSPS) is 20.8. The lowest BCUT2D eigenvalue weighted by Gasteiger charge is -2.19. The van der Waals surface area contributed by atoms with Crippen molar-refractivity contribution in [2.45, 2.75) is 12.5 Å². The number of nitrogens with one attached hydrogen (secondary N) is 1. The molecule has 10 heteroatoms. The molecule has 2 unspecified atom stereocenters. The lowest BCUT2D eigenvalue weighted by Crippen LogP contribution is -2.33. The molecule has 2 atom stereocenters. The highest BCUT2D eigenvalue weighted by atomic mass is 31.2. The molecule has 1 aromatic rings. The molecule has 0 radical (unpaired) electrons. The number of nitrogens with zero attached hydrogens (tertiary/aromatic N) is 1. The maximum Gasteiger partial charge on any atom is 0.355 e. The first kappa shape index (κ1) is 17.6. The van der Waals surface area contributed by atoms with Crippen molar-refractivity contribution in [2.75, 3.05) is 20.6 Å². The first-order valence-corrected chi connectivity index (χ1v) is 8.29. The predicted octanol–water partition coefficient (Wildman–Crippen LogP) is 1.05. The van der Waals surface area contributed by atoms with Crippen molar-refractivity contribution < 1.29 is 23.1 Å². The van der Waals surface area contributed by atoms with Crippen molar-refractivity contribution in [2.24, 2.45) is 0 Å². The van der Waals surface area contributed by atoms with Gasteiger partial charge >= 0.3 is 13.3 Å².